The zero-order chi connectivity index (χ0) is 43.6. The van der Waals surface area contributed by atoms with Gasteiger partial charge in [0, 0.05) is 44.9 Å². The summed E-state index contributed by atoms with van der Waals surface area (Å²) in [6.07, 6.45) is 1.94. The first kappa shape index (κ1) is 40.6. The predicted molar refractivity (Wildman–Crippen MR) is 261 cm³/mol. The summed E-state index contributed by atoms with van der Waals surface area (Å²) < 4.78 is 2.39. The SMILES string of the molecule is CC(C)(C)c1cc(-c2cc(-c3cccc4c5ccccc5n(-c5ccccc5)c34)ccn2)cc(-c2cc(-c3cc(C(C)(C)C)cc(C(C)(C)C)c3)cc(-c3ccccc3O)n2)c1. The maximum Gasteiger partial charge on any atom is 0.124 e. The van der Waals surface area contributed by atoms with Crippen LogP contribution in [0.5, 0.6) is 5.75 Å². The van der Waals surface area contributed by atoms with Gasteiger partial charge in [0.1, 0.15) is 5.75 Å². The fraction of sp³-hybridized carbons (Fsp3) is 0.207. The molecule has 0 saturated heterocycles. The van der Waals surface area contributed by atoms with Crippen molar-refractivity contribution in [1.29, 1.82) is 0 Å². The molecule has 0 unspecified atom stereocenters. The molecule has 0 saturated carbocycles. The lowest BCUT2D eigenvalue weighted by Gasteiger charge is -2.26. The average Bonchev–Trinajstić information content (AvgIpc) is 3.60. The predicted octanol–water partition coefficient (Wildman–Crippen LogP) is 15.5. The quantitative estimate of drug-likeness (QED) is 0.182. The second-order valence-electron chi connectivity index (χ2n) is 19.8. The van der Waals surface area contributed by atoms with Crippen LogP contribution in [0.2, 0.25) is 0 Å². The minimum absolute atomic E-state index is 0.0481. The van der Waals surface area contributed by atoms with Crippen molar-refractivity contribution in [2.24, 2.45) is 0 Å². The van der Waals surface area contributed by atoms with Crippen LogP contribution in [0.25, 0.3) is 83.5 Å². The van der Waals surface area contributed by atoms with Crippen LogP contribution in [0.1, 0.15) is 79.0 Å². The van der Waals surface area contributed by atoms with E-state index in [4.69, 9.17) is 9.97 Å². The Morgan fingerprint density at radius 1 is 0.419 bits per heavy atom. The van der Waals surface area contributed by atoms with E-state index >= 15 is 0 Å². The molecule has 4 heteroatoms. The van der Waals surface area contributed by atoms with Crippen molar-refractivity contribution in [1.82, 2.24) is 14.5 Å². The molecule has 4 nitrogen and oxygen atoms in total. The molecule has 0 aliphatic heterocycles. The summed E-state index contributed by atoms with van der Waals surface area (Å²) in [5.74, 6) is 0.202. The highest BCUT2D eigenvalue weighted by atomic mass is 16.3. The van der Waals surface area contributed by atoms with Gasteiger partial charge in [0.2, 0.25) is 0 Å². The first-order valence-corrected chi connectivity index (χ1v) is 21.7. The summed E-state index contributed by atoms with van der Waals surface area (Å²) in [7, 11) is 0. The normalized spacial score (nSPS) is 12.3. The molecule has 0 aliphatic carbocycles. The molecule has 0 fully saturated rings. The van der Waals surface area contributed by atoms with E-state index in [1.807, 2.05) is 24.4 Å². The van der Waals surface area contributed by atoms with Crippen molar-refractivity contribution in [3.8, 4) is 67.5 Å². The Morgan fingerprint density at radius 2 is 0.952 bits per heavy atom. The second kappa shape index (κ2) is 15.3. The van der Waals surface area contributed by atoms with E-state index in [1.165, 1.54) is 38.5 Å². The number of hydrogen-bond donors (Lipinski definition) is 1. The van der Waals surface area contributed by atoms with Crippen molar-refractivity contribution in [3.05, 3.63) is 181 Å². The zero-order valence-electron chi connectivity index (χ0n) is 37.4. The number of para-hydroxylation sites is 4. The van der Waals surface area contributed by atoms with Crippen LogP contribution in [0.15, 0.2) is 164 Å². The number of nitrogens with zero attached hydrogens (tertiary/aromatic N) is 3. The second-order valence-corrected chi connectivity index (χ2v) is 19.8. The van der Waals surface area contributed by atoms with Gasteiger partial charge in [0.05, 0.1) is 28.1 Å². The van der Waals surface area contributed by atoms with E-state index in [2.05, 4.69) is 200 Å². The third-order valence-corrected chi connectivity index (χ3v) is 12.2. The molecule has 0 atom stereocenters. The fourth-order valence-electron chi connectivity index (χ4n) is 8.54. The molecule has 0 amide bonds. The molecule has 9 aromatic rings. The number of phenols is 1. The largest absolute Gasteiger partial charge is 0.507 e. The number of rotatable bonds is 6. The Kier molecular flexibility index (Phi) is 10.0. The summed E-state index contributed by atoms with van der Waals surface area (Å²) in [5.41, 5.74) is 16.5. The van der Waals surface area contributed by atoms with E-state index in [-0.39, 0.29) is 22.0 Å². The van der Waals surface area contributed by atoms with E-state index in [1.54, 1.807) is 6.07 Å². The van der Waals surface area contributed by atoms with Crippen LogP contribution in [-0.4, -0.2) is 19.6 Å². The number of benzene rings is 6. The molecule has 6 aromatic carbocycles. The fourth-order valence-corrected chi connectivity index (χ4v) is 8.54. The highest BCUT2D eigenvalue weighted by Gasteiger charge is 2.24. The highest BCUT2D eigenvalue weighted by Crippen LogP contribution is 2.42. The first-order chi connectivity index (χ1) is 29.5. The Balaban J connectivity index is 1.25. The summed E-state index contributed by atoms with van der Waals surface area (Å²) in [5, 5.41) is 13.6. The Labute approximate surface area is 366 Å². The molecule has 0 aliphatic rings. The average molecular weight is 810 g/mol. The lowest BCUT2D eigenvalue weighted by molar-refractivity contribution is 0.477. The maximum absolute atomic E-state index is 11.2. The summed E-state index contributed by atoms with van der Waals surface area (Å²) >= 11 is 0. The number of hydrogen-bond acceptors (Lipinski definition) is 3. The van der Waals surface area contributed by atoms with Crippen molar-refractivity contribution in [2.75, 3.05) is 0 Å². The monoisotopic (exact) mass is 809 g/mol. The van der Waals surface area contributed by atoms with E-state index < -0.39 is 0 Å². The van der Waals surface area contributed by atoms with Gasteiger partial charge < -0.3 is 9.67 Å². The molecule has 0 bridgehead atoms. The molecule has 9 rings (SSSR count). The van der Waals surface area contributed by atoms with Crippen LogP contribution in [0.4, 0.5) is 0 Å². The third-order valence-electron chi connectivity index (χ3n) is 12.2. The van der Waals surface area contributed by atoms with Crippen molar-refractivity contribution < 1.29 is 5.11 Å². The minimum Gasteiger partial charge on any atom is -0.507 e. The maximum atomic E-state index is 11.2. The number of phenolic OH excluding ortho intramolecular Hbond substituents is 1. The number of pyridine rings is 2. The van der Waals surface area contributed by atoms with Gasteiger partial charge in [-0.25, -0.2) is 4.98 Å². The van der Waals surface area contributed by atoms with E-state index in [0.29, 0.717) is 5.56 Å². The van der Waals surface area contributed by atoms with E-state index in [9.17, 15) is 5.11 Å². The third kappa shape index (κ3) is 7.71. The van der Waals surface area contributed by atoms with Crippen molar-refractivity contribution in [3.63, 3.8) is 0 Å². The first-order valence-electron chi connectivity index (χ1n) is 21.7. The van der Waals surface area contributed by atoms with Gasteiger partial charge in [-0.15, -0.1) is 0 Å². The van der Waals surface area contributed by atoms with Gasteiger partial charge in [0.25, 0.3) is 0 Å². The summed E-state index contributed by atoms with van der Waals surface area (Å²) in [6.45, 7) is 20.4. The Morgan fingerprint density at radius 3 is 1.65 bits per heavy atom. The summed E-state index contributed by atoms with van der Waals surface area (Å²) in [4.78, 5) is 10.4. The molecule has 1 N–H and O–H groups in total. The van der Waals surface area contributed by atoms with Crippen molar-refractivity contribution >= 4 is 21.8 Å². The van der Waals surface area contributed by atoms with Gasteiger partial charge in [-0.05, 0) is 122 Å². The van der Waals surface area contributed by atoms with Gasteiger partial charge >= 0.3 is 0 Å². The lowest BCUT2D eigenvalue weighted by atomic mass is 9.79. The molecule has 62 heavy (non-hydrogen) atoms. The molecule has 0 radical (unpaired) electrons. The molecule has 3 aromatic heterocycles. The molecular weight excluding hydrogens is 755 g/mol. The van der Waals surface area contributed by atoms with Gasteiger partial charge in [-0.3, -0.25) is 4.98 Å². The Hall–Kier alpha value is -6.78. The Bertz CT molecular complexity index is 3100. The van der Waals surface area contributed by atoms with Crippen LogP contribution in [0, 0.1) is 0 Å². The lowest BCUT2D eigenvalue weighted by Crippen LogP contribution is -2.16. The number of fused-ring (bicyclic) bond motifs is 3. The smallest absolute Gasteiger partial charge is 0.124 e. The van der Waals surface area contributed by atoms with Crippen molar-refractivity contribution in [2.45, 2.75) is 78.6 Å². The number of aromatic nitrogens is 3. The van der Waals surface area contributed by atoms with Crippen LogP contribution >= 0.6 is 0 Å². The van der Waals surface area contributed by atoms with Gasteiger partial charge in [-0.2, -0.15) is 0 Å². The highest BCUT2D eigenvalue weighted by molar-refractivity contribution is 6.13. The van der Waals surface area contributed by atoms with Gasteiger partial charge in [-0.1, -0.05) is 147 Å². The van der Waals surface area contributed by atoms with Crippen LogP contribution in [0.3, 0.4) is 0 Å². The molecule has 308 valence electrons. The molecule has 3 heterocycles. The zero-order valence-corrected chi connectivity index (χ0v) is 37.4. The molecular formula is C58H55N3O. The standard InChI is InChI=1S/C58H55N3O/c1-56(2,3)42-31-40(50-33-37(26-27-59-50)46-22-17-23-48-47-20-13-15-24-53(47)61(55(46)48)45-18-11-10-12-19-45)28-41(32-42)51-34-39(35-52(60-51)49-21-14-16-25-54(49)62)38-29-43(57(4,5)6)36-44(30-38)58(7,8)9/h10-36,62H,1-9H3. The topological polar surface area (TPSA) is 50.9 Å². The molecule has 0 spiro atoms. The van der Waals surface area contributed by atoms with Crippen LogP contribution < -0.4 is 0 Å². The van der Waals surface area contributed by atoms with E-state index in [0.717, 1.165) is 56.1 Å². The van der Waals surface area contributed by atoms with Crippen LogP contribution in [-0.2, 0) is 16.2 Å². The van der Waals surface area contributed by atoms with Gasteiger partial charge in [0.15, 0.2) is 0 Å². The summed E-state index contributed by atoms with van der Waals surface area (Å²) in [6, 6.07) is 55.9. The number of aromatic hydroxyl groups is 1. The minimum atomic E-state index is -0.161.